The lowest BCUT2D eigenvalue weighted by molar-refractivity contribution is 0.102. The zero-order valence-corrected chi connectivity index (χ0v) is 20.2. The Morgan fingerprint density at radius 2 is 1.77 bits per heavy atom. The zero-order chi connectivity index (χ0) is 25.2. The topological polar surface area (TPSA) is 70.7 Å². The van der Waals surface area contributed by atoms with Crippen molar-refractivity contribution in [2.24, 2.45) is 0 Å². The largest absolute Gasteiger partial charge is 0.491 e. The third-order valence-corrected chi connectivity index (χ3v) is 5.54. The Morgan fingerprint density at radius 3 is 2.49 bits per heavy atom. The number of nitrogens with one attached hydrogen (secondary N) is 2. The first-order valence-corrected chi connectivity index (χ1v) is 11.6. The van der Waals surface area contributed by atoms with Gasteiger partial charge in [0.1, 0.15) is 17.4 Å². The van der Waals surface area contributed by atoms with Crippen molar-refractivity contribution in [2.75, 3.05) is 22.8 Å². The second-order valence-corrected chi connectivity index (χ2v) is 8.14. The van der Waals surface area contributed by atoms with Crippen molar-refractivity contribution in [2.45, 2.75) is 26.2 Å². The van der Waals surface area contributed by atoms with Crippen LogP contribution in [-0.2, 0) is 6.42 Å². The number of anilines is 2. The van der Waals surface area contributed by atoms with Crippen LogP contribution in [0.2, 0.25) is 0 Å². The van der Waals surface area contributed by atoms with Crippen LogP contribution in [-0.4, -0.2) is 25.1 Å². The summed E-state index contributed by atoms with van der Waals surface area (Å²) in [6.45, 7) is 2.75. The average molecular weight is 500 g/mol. The molecule has 3 aromatic rings. The molecule has 35 heavy (non-hydrogen) atoms. The van der Waals surface area contributed by atoms with Crippen LogP contribution in [0.15, 0.2) is 66.7 Å². The number of carbonyl (C=O) groups is 2. The number of rotatable bonds is 10. The van der Waals surface area contributed by atoms with Gasteiger partial charge in [-0.2, -0.15) is 0 Å². The predicted octanol–water partition coefficient (Wildman–Crippen LogP) is 6.00. The fourth-order valence-corrected chi connectivity index (χ4v) is 3.38. The Morgan fingerprint density at radius 1 is 1.03 bits per heavy atom. The molecule has 3 rings (SSSR count). The van der Waals surface area contributed by atoms with Crippen LogP contribution in [0.5, 0.6) is 5.75 Å². The Balaban J connectivity index is 1.69. The number of halogens is 2. The van der Waals surface area contributed by atoms with Crippen LogP contribution >= 0.6 is 12.8 Å². The van der Waals surface area contributed by atoms with Crippen LogP contribution in [0.3, 0.4) is 0 Å². The molecule has 0 heterocycles. The molecule has 0 spiro atoms. The maximum atomic E-state index is 14.0. The van der Waals surface area contributed by atoms with E-state index in [1.807, 2.05) is 6.92 Å². The smallest absolute Gasteiger partial charge is 0.331 e. The first-order chi connectivity index (χ1) is 16.9. The Bertz CT molecular complexity index is 1160. The number of nitrogens with zero attached hydrogens (tertiary/aromatic N) is 1. The molecule has 0 saturated heterocycles. The second kappa shape index (κ2) is 12.8. The van der Waals surface area contributed by atoms with E-state index in [2.05, 4.69) is 23.4 Å². The van der Waals surface area contributed by atoms with Gasteiger partial charge >= 0.3 is 6.03 Å². The molecule has 0 aliphatic heterocycles. The van der Waals surface area contributed by atoms with Gasteiger partial charge in [0.05, 0.1) is 23.5 Å². The molecule has 6 nitrogen and oxygen atoms in total. The van der Waals surface area contributed by atoms with Crippen LogP contribution in [0.25, 0.3) is 0 Å². The molecule has 0 radical (unpaired) electrons. The lowest BCUT2D eigenvalue weighted by atomic mass is 10.1. The number of thiol groups is 1. The van der Waals surface area contributed by atoms with E-state index in [0.29, 0.717) is 36.7 Å². The molecule has 0 aromatic heterocycles. The predicted molar refractivity (Wildman–Crippen MR) is 136 cm³/mol. The fraction of sp³-hybridized carbons (Fsp3) is 0.231. The van der Waals surface area contributed by atoms with E-state index >= 15 is 0 Å². The molecule has 0 fully saturated rings. The number of ether oxygens (including phenoxy) is 1. The van der Waals surface area contributed by atoms with Gasteiger partial charge in [0.15, 0.2) is 0 Å². The lowest BCUT2D eigenvalue weighted by Crippen LogP contribution is -2.35. The Labute approximate surface area is 208 Å². The van der Waals surface area contributed by atoms with Crippen molar-refractivity contribution in [3.05, 3.63) is 89.5 Å². The van der Waals surface area contributed by atoms with Crippen LogP contribution in [0, 0.1) is 11.6 Å². The van der Waals surface area contributed by atoms with E-state index < -0.39 is 17.8 Å². The first-order valence-electron chi connectivity index (χ1n) is 11.2. The molecule has 3 amide bonds. The number of benzene rings is 3. The zero-order valence-electron chi connectivity index (χ0n) is 19.3. The first kappa shape index (κ1) is 26.0. The molecule has 2 N–H and O–H groups in total. The molecular formula is C26H27F2N3O3S. The molecule has 0 unspecified atom stereocenters. The summed E-state index contributed by atoms with van der Waals surface area (Å²) >= 11 is 4.30. The van der Waals surface area contributed by atoms with Crippen LogP contribution in [0.4, 0.5) is 25.0 Å². The molecule has 0 atom stereocenters. The van der Waals surface area contributed by atoms with Gasteiger partial charge in [-0.05, 0) is 54.8 Å². The number of amides is 3. The minimum Gasteiger partial charge on any atom is -0.491 e. The van der Waals surface area contributed by atoms with Crippen molar-refractivity contribution in [1.82, 2.24) is 5.32 Å². The number of unbranched alkanes of at least 4 members (excludes halogenated alkanes) is 1. The maximum absolute atomic E-state index is 14.0. The summed E-state index contributed by atoms with van der Waals surface area (Å²) in [5.74, 6) is -1.23. The quantitative estimate of drug-likeness (QED) is 0.237. The van der Waals surface area contributed by atoms with E-state index in [1.165, 1.54) is 30.3 Å². The third-order valence-electron chi connectivity index (χ3n) is 5.13. The van der Waals surface area contributed by atoms with Gasteiger partial charge in [0.25, 0.3) is 5.91 Å². The standard InChI is InChI=1S/C26H27F2N3O3S/c1-2-3-16-34-24-17-20(12-13-23(24)30-25(32)21-6-4-5-7-22(21)28)31(35)26(33)29-15-14-18-8-10-19(27)11-9-18/h4-13,17,35H,2-3,14-16H2,1H3,(H,29,33)(H,30,32). The fourth-order valence-electron chi connectivity index (χ4n) is 3.18. The van der Waals surface area contributed by atoms with E-state index in [9.17, 15) is 18.4 Å². The molecule has 9 heteroatoms. The van der Waals surface area contributed by atoms with Crippen LogP contribution in [0.1, 0.15) is 35.7 Å². The highest BCUT2D eigenvalue weighted by atomic mass is 32.1. The normalized spacial score (nSPS) is 10.5. The van der Waals surface area contributed by atoms with Gasteiger partial charge in [0, 0.05) is 12.6 Å². The van der Waals surface area contributed by atoms with E-state index in [4.69, 9.17) is 4.74 Å². The van der Waals surface area contributed by atoms with Gasteiger partial charge in [-0.15, -0.1) is 0 Å². The molecule has 184 valence electrons. The minimum atomic E-state index is -0.631. The SMILES string of the molecule is CCCCOc1cc(N(S)C(=O)NCCc2ccc(F)cc2)ccc1NC(=O)c1ccccc1F. The van der Waals surface area contributed by atoms with E-state index in [-0.39, 0.29) is 11.4 Å². The molecule has 0 aliphatic rings. The summed E-state index contributed by atoms with van der Waals surface area (Å²) < 4.78 is 34.0. The monoisotopic (exact) mass is 499 g/mol. The van der Waals surface area contributed by atoms with E-state index in [0.717, 1.165) is 22.7 Å². The van der Waals surface area contributed by atoms with Crippen molar-refractivity contribution in [3.8, 4) is 5.75 Å². The van der Waals surface area contributed by atoms with Gasteiger partial charge < -0.3 is 15.4 Å². The van der Waals surface area contributed by atoms with Crippen molar-refractivity contribution in [1.29, 1.82) is 0 Å². The van der Waals surface area contributed by atoms with Gasteiger partial charge in [-0.1, -0.05) is 50.4 Å². The number of hydrogen-bond acceptors (Lipinski definition) is 4. The summed E-state index contributed by atoms with van der Waals surface area (Å²) in [4.78, 5) is 25.2. The van der Waals surface area contributed by atoms with Crippen LogP contribution < -0.4 is 19.7 Å². The molecular weight excluding hydrogens is 472 g/mol. The number of hydrogen-bond donors (Lipinski definition) is 3. The summed E-state index contributed by atoms with van der Waals surface area (Å²) in [5.41, 5.74) is 1.56. The molecule has 0 bridgehead atoms. The molecule has 0 aliphatic carbocycles. The van der Waals surface area contributed by atoms with Gasteiger partial charge in [-0.3, -0.25) is 4.79 Å². The second-order valence-electron chi connectivity index (χ2n) is 7.74. The molecule has 0 saturated carbocycles. The van der Waals surface area contributed by atoms with Crippen molar-refractivity contribution in [3.63, 3.8) is 0 Å². The Hall–Kier alpha value is -3.59. The average Bonchev–Trinajstić information content (AvgIpc) is 2.86. The highest BCUT2D eigenvalue weighted by Crippen LogP contribution is 2.32. The number of carbonyl (C=O) groups excluding carboxylic acids is 2. The van der Waals surface area contributed by atoms with Crippen molar-refractivity contribution < 1.29 is 23.1 Å². The number of urea groups is 1. The van der Waals surface area contributed by atoms with Gasteiger partial charge in [0.2, 0.25) is 0 Å². The summed E-state index contributed by atoms with van der Waals surface area (Å²) in [7, 11) is 0. The van der Waals surface area contributed by atoms with Gasteiger partial charge in [-0.25, -0.2) is 17.9 Å². The summed E-state index contributed by atoms with van der Waals surface area (Å²) in [6.07, 6.45) is 2.23. The highest BCUT2D eigenvalue weighted by molar-refractivity contribution is 7.82. The minimum absolute atomic E-state index is 0.0903. The summed E-state index contributed by atoms with van der Waals surface area (Å²) in [5, 5.41) is 5.43. The third kappa shape index (κ3) is 7.45. The highest BCUT2D eigenvalue weighted by Gasteiger charge is 2.17. The summed E-state index contributed by atoms with van der Waals surface area (Å²) in [6, 6.07) is 16.0. The van der Waals surface area contributed by atoms with Crippen molar-refractivity contribution >= 4 is 36.1 Å². The Kier molecular flexibility index (Phi) is 9.48. The van der Waals surface area contributed by atoms with E-state index in [1.54, 1.807) is 36.4 Å². The lowest BCUT2D eigenvalue weighted by Gasteiger charge is -2.19. The molecule has 3 aromatic carbocycles. The maximum Gasteiger partial charge on any atom is 0.331 e.